The number of aromatic hydroxyl groups is 1. The van der Waals surface area contributed by atoms with Crippen molar-refractivity contribution in [3.63, 3.8) is 0 Å². The molecule has 0 aliphatic heterocycles. The predicted octanol–water partition coefficient (Wildman–Crippen LogP) is 1.95. The van der Waals surface area contributed by atoms with Gasteiger partial charge in [0.2, 0.25) is 5.82 Å². The van der Waals surface area contributed by atoms with Gasteiger partial charge < -0.3 is 15.5 Å². The molecule has 1 atom stereocenters. The summed E-state index contributed by atoms with van der Waals surface area (Å²) in [7, 11) is 0. The van der Waals surface area contributed by atoms with E-state index in [1.165, 1.54) is 0 Å². The number of nitrogens with one attached hydrogen (secondary N) is 1. The van der Waals surface area contributed by atoms with Crippen molar-refractivity contribution < 1.29 is 28.2 Å². The van der Waals surface area contributed by atoms with E-state index in [1.54, 1.807) is 0 Å². The molecule has 3 N–H and O–H groups in total. The topological polar surface area (TPSA) is 69.6 Å². The molecule has 0 radical (unpaired) electrons. The van der Waals surface area contributed by atoms with Crippen LogP contribution in [0.2, 0.25) is 0 Å². The summed E-state index contributed by atoms with van der Waals surface area (Å²) in [5.41, 5.74) is -0.821. The summed E-state index contributed by atoms with van der Waals surface area (Å²) in [5.74, 6) is -7.21. The van der Waals surface area contributed by atoms with E-state index in [-0.39, 0.29) is 12.5 Å². The molecule has 0 heterocycles. The van der Waals surface area contributed by atoms with Gasteiger partial charge in [0, 0.05) is 6.54 Å². The summed E-state index contributed by atoms with van der Waals surface area (Å²) in [4.78, 5) is 11.6. The highest BCUT2D eigenvalue weighted by Crippen LogP contribution is 2.25. The maximum absolute atomic E-state index is 13.4. The lowest BCUT2D eigenvalue weighted by molar-refractivity contribution is 0.0894. The first-order valence-corrected chi connectivity index (χ1v) is 6.06. The van der Waals surface area contributed by atoms with Gasteiger partial charge in [0.05, 0.1) is 11.7 Å². The third kappa shape index (κ3) is 3.86. The Morgan fingerprint density at radius 1 is 1.30 bits per heavy atom. The SMILES string of the molecule is CC(C)CC(O)CNC(=O)c1cc(F)c(F)c(O)c1F. The third-order valence-electron chi connectivity index (χ3n) is 2.62. The molecule has 1 unspecified atom stereocenters. The van der Waals surface area contributed by atoms with Gasteiger partial charge in [0.1, 0.15) is 0 Å². The van der Waals surface area contributed by atoms with Crippen molar-refractivity contribution in [2.24, 2.45) is 5.92 Å². The summed E-state index contributed by atoms with van der Waals surface area (Å²) in [6.45, 7) is 3.59. The smallest absolute Gasteiger partial charge is 0.254 e. The first-order valence-electron chi connectivity index (χ1n) is 6.06. The Kier molecular flexibility index (Phi) is 5.38. The maximum atomic E-state index is 13.4. The van der Waals surface area contributed by atoms with Crippen molar-refractivity contribution in [1.82, 2.24) is 5.32 Å². The second-order valence-electron chi connectivity index (χ2n) is 4.88. The molecular weight excluding hydrogens is 275 g/mol. The molecule has 1 rings (SSSR count). The molecule has 0 fully saturated rings. The molecule has 20 heavy (non-hydrogen) atoms. The van der Waals surface area contributed by atoms with Gasteiger partial charge in [0.25, 0.3) is 5.91 Å². The summed E-state index contributed by atoms with van der Waals surface area (Å²) in [6, 6.07) is 0.356. The Bertz CT molecular complexity index is 506. The van der Waals surface area contributed by atoms with E-state index < -0.39 is 40.8 Å². The van der Waals surface area contributed by atoms with Crippen molar-refractivity contribution in [3.8, 4) is 5.75 Å². The fourth-order valence-electron chi connectivity index (χ4n) is 1.69. The highest BCUT2D eigenvalue weighted by atomic mass is 19.2. The van der Waals surface area contributed by atoms with E-state index in [4.69, 9.17) is 5.11 Å². The fourth-order valence-corrected chi connectivity index (χ4v) is 1.69. The van der Waals surface area contributed by atoms with E-state index in [9.17, 15) is 23.1 Å². The van der Waals surface area contributed by atoms with E-state index in [1.807, 2.05) is 13.8 Å². The second-order valence-corrected chi connectivity index (χ2v) is 4.88. The standard InChI is InChI=1S/C13H16F3NO3/c1-6(2)3-7(18)5-17-13(20)8-4-9(14)11(16)12(19)10(8)15/h4,6-7,18-19H,3,5H2,1-2H3,(H,17,20). The zero-order valence-electron chi connectivity index (χ0n) is 11.1. The molecule has 0 spiro atoms. The van der Waals surface area contributed by atoms with Crippen LogP contribution in [0.3, 0.4) is 0 Å². The molecule has 1 amide bonds. The molecule has 0 saturated heterocycles. The maximum Gasteiger partial charge on any atom is 0.254 e. The number of hydrogen-bond acceptors (Lipinski definition) is 3. The van der Waals surface area contributed by atoms with Crippen LogP contribution >= 0.6 is 0 Å². The number of rotatable bonds is 5. The minimum Gasteiger partial charge on any atom is -0.503 e. The first-order chi connectivity index (χ1) is 9.23. The van der Waals surface area contributed by atoms with Gasteiger partial charge in [-0.1, -0.05) is 13.8 Å². The van der Waals surface area contributed by atoms with Crippen molar-refractivity contribution in [2.45, 2.75) is 26.4 Å². The van der Waals surface area contributed by atoms with Crippen LogP contribution in [0, 0.1) is 23.4 Å². The number of carbonyl (C=O) groups excluding carboxylic acids is 1. The lowest BCUT2D eigenvalue weighted by Gasteiger charge is -2.14. The summed E-state index contributed by atoms with van der Waals surface area (Å²) in [5, 5.41) is 20.7. The minimum absolute atomic E-state index is 0.157. The van der Waals surface area contributed by atoms with Crippen molar-refractivity contribution in [3.05, 3.63) is 29.1 Å². The Morgan fingerprint density at radius 3 is 2.45 bits per heavy atom. The van der Waals surface area contributed by atoms with Crippen LogP contribution in [-0.4, -0.2) is 28.8 Å². The molecule has 4 nitrogen and oxygen atoms in total. The predicted molar refractivity (Wildman–Crippen MR) is 65.8 cm³/mol. The fraction of sp³-hybridized carbons (Fsp3) is 0.462. The van der Waals surface area contributed by atoms with Crippen LogP contribution in [0.5, 0.6) is 5.75 Å². The molecule has 0 aliphatic carbocycles. The molecule has 0 saturated carbocycles. The first kappa shape index (κ1) is 16.3. The van der Waals surface area contributed by atoms with Crippen LogP contribution in [0.4, 0.5) is 13.2 Å². The summed E-state index contributed by atoms with van der Waals surface area (Å²) in [6.07, 6.45) is -0.410. The summed E-state index contributed by atoms with van der Waals surface area (Å²) < 4.78 is 39.3. The Morgan fingerprint density at radius 2 is 1.90 bits per heavy atom. The normalized spacial score (nSPS) is 12.6. The minimum atomic E-state index is -1.75. The number of aliphatic hydroxyl groups is 1. The average Bonchev–Trinajstić information content (AvgIpc) is 2.37. The van der Waals surface area contributed by atoms with Gasteiger partial charge in [-0.2, -0.15) is 4.39 Å². The van der Waals surface area contributed by atoms with Crippen molar-refractivity contribution in [2.75, 3.05) is 6.54 Å². The van der Waals surface area contributed by atoms with Crippen LogP contribution in [0.15, 0.2) is 6.07 Å². The van der Waals surface area contributed by atoms with Crippen molar-refractivity contribution in [1.29, 1.82) is 0 Å². The lowest BCUT2D eigenvalue weighted by Crippen LogP contribution is -2.33. The van der Waals surface area contributed by atoms with Crippen LogP contribution in [0.25, 0.3) is 0 Å². The highest BCUT2D eigenvalue weighted by Gasteiger charge is 2.22. The quantitative estimate of drug-likeness (QED) is 0.726. The second kappa shape index (κ2) is 6.60. The van der Waals surface area contributed by atoms with Gasteiger partial charge in [-0.25, -0.2) is 8.78 Å². The van der Waals surface area contributed by atoms with E-state index in [0.29, 0.717) is 12.5 Å². The number of hydrogen-bond donors (Lipinski definition) is 3. The molecule has 0 aliphatic rings. The largest absolute Gasteiger partial charge is 0.503 e. The van der Waals surface area contributed by atoms with Gasteiger partial charge in [-0.05, 0) is 18.4 Å². The number of carbonyl (C=O) groups is 1. The van der Waals surface area contributed by atoms with Crippen LogP contribution < -0.4 is 5.32 Å². The zero-order chi connectivity index (χ0) is 15.4. The Hall–Kier alpha value is -1.76. The third-order valence-corrected chi connectivity index (χ3v) is 2.62. The molecule has 1 aromatic carbocycles. The number of phenolic OH excluding ortho intramolecular Hbond substituents is 1. The number of halogens is 3. The zero-order valence-corrected chi connectivity index (χ0v) is 11.1. The number of phenols is 1. The molecule has 7 heteroatoms. The summed E-state index contributed by atoms with van der Waals surface area (Å²) >= 11 is 0. The number of aliphatic hydroxyl groups excluding tert-OH is 1. The van der Waals surface area contributed by atoms with Crippen molar-refractivity contribution >= 4 is 5.91 Å². The van der Waals surface area contributed by atoms with Gasteiger partial charge in [-0.3, -0.25) is 4.79 Å². The van der Waals surface area contributed by atoms with Crippen LogP contribution in [0.1, 0.15) is 30.6 Å². The van der Waals surface area contributed by atoms with E-state index in [2.05, 4.69) is 5.32 Å². The Balaban J connectivity index is 2.79. The van der Waals surface area contributed by atoms with Gasteiger partial charge in [0.15, 0.2) is 17.4 Å². The van der Waals surface area contributed by atoms with Gasteiger partial charge >= 0.3 is 0 Å². The monoisotopic (exact) mass is 291 g/mol. The average molecular weight is 291 g/mol. The van der Waals surface area contributed by atoms with Gasteiger partial charge in [-0.15, -0.1) is 0 Å². The highest BCUT2D eigenvalue weighted by molar-refractivity contribution is 5.95. The lowest BCUT2D eigenvalue weighted by atomic mass is 10.1. The number of amides is 1. The molecule has 1 aromatic rings. The van der Waals surface area contributed by atoms with Crippen LogP contribution in [-0.2, 0) is 0 Å². The number of benzene rings is 1. The molecule has 112 valence electrons. The molecule has 0 aromatic heterocycles. The van der Waals surface area contributed by atoms with E-state index in [0.717, 1.165) is 0 Å². The Labute approximate surface area is 114 Å². The molecule has 0 bridgehead atoms. The molecular formula is C13H16F3NO3. The van der Waals surface area contributed by atoms with E-state index >= 15 is 0 Å².